The van der Waals surface area contributed by atoms with E-state index in [1.165, 1.54) is 0 Å². The molecule has 16 heavy (non-hydrogen) atoms. The number of rotatable bonds is 4. The standard InChI is InChI=1S/C12H16ClNO2/c1-3-9(13)7-14-12(16)10-6-4-5-8(2)11(10)15/h4-6,9,15H,3,7H2,1-2H3,(H,14,16). The van der Waals surface area contributed by atoms with Crippen molar-refractivity contribution in [1.82, 2.24) is 5.32 Å². The van der Waals surface area contributed by atoms with Crippen LogP contribution in [0.4, 0.5) is 0 Å². The minimum Gasteiger partial charge on any atom is -0.507 e. The van der Waals surface area contributed by atoms with Crippen molar-refractivity contribution in [3.63, 3.8) is 0 Å². The van der Waals surface area contributed by atoms with Crippen molar-refractivity contribution >= 4 is 17.5 Å². The number of halogens is 1. The number of aryl methyl sites for hydroxylation is 1. The molecule has 0 bridgehead atoms. The second-order valence-corrected chi connectivity index (χ2v) is 4.30. The smallest absolute Gasteiger partial charge is 0.255 e. The molecule has 1 amide bonds. The van der Waals surface area contributed by atoms with Gasteiger partial charge in [-0.1, -0.05) is 19.1 Å². The van der Waals surface area contributed by atoms with Gasteiger partial charge >= 0.3 is 0 Å². The molecule has 0 saturated carbocycles. The third-order valence-corrected chi connectivity index (χ3v) is 2.87. The van der Waals surface area contributed by atoms with Crippen LogP contribution in [0.1, 0.15) is 29.3 Å². The fraction of sp³-hybridized carbons (Fsp3) is 0.417. The number of nitrogens with one attached hydrogen (secondary N) is 1. The van der Waals surface area contributed by atoms with Gasteiger partial charge in [-0.25, -0.2) is 0 Å². The van der Waals surface area contributed by atoms with Crippen LogP contribution >= 0.6 is 11.6 Å². The third kappa shape index (κ3) is 3.14. The number of hydrogen-bond acceptors (Lipinski definition) is 2. The molecule has 2 N–H and O–H groups in total. The molecule has 1 unspecified atom stereocenters. The van der Waals surface area contributed by atoms with E-state index < -0.39 is 0 Å². The van der Waals surface area contributed by atoms with Crippen molar-refractivity contribution in [2.75, 3.05) is 6.54 Å². The molecule has 0 aliphatic carbocycles. The topological polar surface area (TPSA) is 49.3 Å². The Bertz CT molecular complexity index is 379. The molecule has 0 saturated heterocycles. The highest BCUT2D eigenvalue weighted by Crippen LogP contribution is 2.21. The molecule has 0 aliphatic rings. The van der Waals surface area contributed by atoms with Crippen molar-refractivity contribution in [3.8, 4) is 5.75 Å². The summed E-state index contributed by atoms with van der Waals surface area (Å²) in [4.78, 5) is 11.7. The lowest BCUT2D eigenvalue weighted by Crippen LogP contribution is -2.29. The predicted octanol–water partition coefficient (Wildman–Crippen LogP) is 2.45. The van der Waals surface area contributed by atoms with Crippen LogP contribution in [0.2, 0.25) is 0 Å². The zero-order valence-corrected chi connectivity index (χ0v) is 10.2. The summed E-state index contributed by atoms with van der Waals surface area (Å²) in [5.41, 5.74) is 0.977. The Morgan fingerprint density at radius 2 is 2.25 bits per heavy atom. The maximum absolute atomic E-state index is 11.7. The second-order valence-electron chi connectivity index (χ2n) is 3.69. The summed E-state index contributed by atoms with van der Waals surface area (Å²) in [6.07, 6.45) is 0.793. The molecule has 0 radical (unpaired) electrons. The summed E-state index contributed by atoms with van der Waals surface area (Å²) in [6.45, 7) is 4.11. The molecule has 0 spiro atoms. The molecule has 0 aliphatic heterocycles. The number of para-hydroxylation sites is 1. The minimum atomic E-state index is -0.291. The lowest BCUT2D eigenvalue weighted by molar-refractivity contribution is 0.0950. The molecule has 1 aromatic rings. The van der Waals surface area contributed by atoms with E-state index in [2.05, 4.69) is 5.32 Å². The Morgan fingerprint density at radius 1 is 1.56 bits per heavy atom. The first-order valence-corrected chi connectivity index (χ1v) is 5.70. The molecule has 0 aromatic heterocycles. The Hall–Kier alpha value is -1.22. The van der Waals surface area contributed by atoms with Crippen LogP contribution in [0.5, 0.6) is 5.75 Å². The summed E-state index contributed by atoms with van der Waals surface area (Å²) in [5.74, 6) is -0.261. The maximum atomic E-state index is 11.7. The second kappa shape index (κ2) is 5.75. The van der Waals surface area contributed by atoms with Gasteiger partial charge in [-0.15, -0.1) is 11.6 Å². The maximum Gasteiger partial charge on any atom is 0.255 e. The van der Waals surface area contributed by atoms with E-state index in [0.29, 0.717) is 17.7 Å². The average molecular weight is 242 g/mol. The zero-order chi connectivity index (χ0) is 12.1. The van der Waals surface area contributed by atoms with Gasteiger partial charge in [0.25, 0.3) is 5.91 Å². The number of carbonyl (C=O) groups is 1. The van der Waals surface area contributed by atoms with Crippen LogP contribution in [-0.4, -0.2) is 22.9 Å². The fourth-order valence-electron chi connectivity index (χ4n) is 1.29. The lowest BCUT2D eigenvalue weighted by Gasteiger charge is -2.10. The van der Waals surface area contributed by atoms with Crippen molar-refractivity contribution < 1.29 is 9.90 Å². The van der Waals surface area contributed by atoms with Crippen LogP contribution < -0.4 is 5.32 Å². The van der Waals surface area contributed by atoms with E-state index in [1.807, 2.05) is 6.92 Å². The van der Waals surface area contributed by atoms with Crippen LogP contribution in [0.3, 0.4) is 0 Å². The van der Waals surface area contributed by atoms with Crippen molar-refractivity contribution in [2.24, 2.45) is 0 Å². The van der Waals surface area contributed by atoms with Gasteiger partial charge in [0.1, 0.15) is 5.75 Å². The summed E-state index contributed by atoms with van der Waals surface area (Å²) in [6, 6.07) is 5.08. The first-order chi connectivity index (χ1) is 7.56. The zero-order valence-electron chi connectivity index (χ0n) is 9.46. The number of aromatic hydroxyl groups is 1. The number of carbonyl (C=O) groups excluding carboxylic acids is 1. The SMILES string of the molecule is CCC(Cl)CNC(=O)c1cccc(C)c1O. The van der Waals surface area contributed by atoms with Gasteiger partial charge < -0.3 is 10.4 Å². The first-order valence-electron chi connectivity index (χ1n) is 5.27. The molecule has 1 atom stereocenters. The van der Waals surface area contributed by atoms with Gasteiger partial charge in [-0.05, 0) is 25.0 Å². The monoisotopic (exact) mass is 241 g/mol. The van der Waals surface area contributed by atoms with Crippen molar-refractivity contribution in [1.29, 1.82) is 0 Å². The van der Waals surface area contributed by atoms with Gasteiger partial charge in [0.15, 0.2) is 0 Å². The van der Waals surface area contributed by atoms with Crippen LogP contribution in [0.25, 0.3) is 0 Å². The number of hydrogen-bond donors (Lipinski definition) is 2. The molecule has 1 rings (SSSR count). The average Bonchev–Trinajstić information content (AvgIpc) is 2.29. The van der Waals surface area contributed by atoms with E-state index in [0.717, 1.165) is 6.42 Å². The molecule has 4 heteroatoms. The molecular weight excluding hydrogens is 226 g/mol. The Morgan fingerprint density at radius 3 is 2.88 bits per heavy atom. The number of phenolic OH excluding ortho intramolecular Hbond substituents is 1. The summed E-state index contributed by atoms with van der Waals surface area (Å²) < 4.78 is 0. The van der Waals surface area contributed by atoms with E-state index in [-0.39, 0.29) is 17.0 Å². The fourth-order valence-corrected chi connectivity index (χ4v) is 1.36. The molecule has 88 valence electrons. The highest BCUT2D eigenvalue weighted by atomic mass is 35.5. The van der Waals surface area contributed by atoms with Gasteiger partial charge in [0.05, 0.1) is 10.9 Å². The number of amides is 1. The Labute approximate surface area is 100 Å². The van der Waals surface area contributed by atoms with E-state index >= 15 is 0 Å². The lowest BCUT2D eigenvalue weighted by atomic mass is 10.1. The third-order valence-electron chi connectivity index (χ3n) is 2.41. The largest absolute Gasteiger partial charge is 0.507 e. The van der Waals surface area contributed by atoms with Crippen molar-refractivity contribution in [2.45, 2.75) is 25.6 Å². The van der Waals surface area contributed by atoms with Crippen molar-refractivity contribution in [3.05, 3.63) is 29.3 Å². The summed E-state index contributed by atoms with van der Waals surface area (Å²) in [7, 11) is 0. The van der Waals surface area contributed by atoms with Gasteiger partial charge in [-0.2, -0.15) is 0 Å². The quantitative estimate of drug-likeness (QED) is 0.796. The molecular formula is C12H16ClNO2. The molecule has 3 nitrogen and oxygen atoms in total. The number of alkyl halides is 1. The van der Waals surface area contributed by atoms with Crippen LogP contribution in [-0.2, 0) is 0 Å². The van der Waals surface area contributed by atoms with E-state index in [1.54, 1.807) is 25.1 Å². The molecule has 0 fully saturated rings. The van der Waals surface area contributed by atoms with Crippen LogP contribution in [0, 0.1) is 6.92 Å². The number of benzene rings is 1. The highest BCUT2D eigenvalue weighted by Gasteiger charge is 2.12. The van der Waals surface area contributed by atoms with Gasteiger partial charge in [0, 0.05) is 6.54 Å². The normalized spacial score (nSPS) is 12.2. The predicted molar refractivity (Wildman–Crippen MR) is 65.1 cm³/mol. The molecule has 1 aromatic carbocycles. The van der Waals surface area contributed by atoms with Gasteiger partial charge in [-0.3, -0.25) is 4.79 Å². The van der Waals surface area contributed by atoms with E-state index in [4.69, 9.17) is 11.6 Å². The minimum absolute atomic E-state index is 0.0302. The Balaban J connectivity index is 2.70. The molecule has 0 heterocycles. The van der Waals surface area contributed by atoms with Crippen LogP contribution in [0.15, 0.2) is 18.2 Å². The number of phenols is 1. The van der Waals surface area contributed by atoms with E-state index in [9.17, 15) is 9.90 Å². The summed E-state index contributed by atoms with van der Waals surface area (Å²) >= 11 is 5.89. The summed E-state index contributed by atoms with van der Waals surface area (Å²) in [5, 5.41) is 12.3. The first kappa shape index (κ1) is 12.8. The Kier molecular flexibility index (Phi) is 4.62. The highest BCUT2D eigenvalue weighted by molar-refractivity contribution is 6.20. The van der Waals surface area contributed by atoms with Gasteiger partial charge in [0.2, 0.25) is 0 Å².